The van der Waals surface area contributed by atoms with Gasteiger partial charge in [0.2, 0.25) is 0 Å². The lowest BCUT2D eigenvalue weighted by Crippen LogP contribution is -1.91. The smallest absolute Gasteiger partial charge is 0.328 e. The van der Waals surface area contributed by atoms with Crippen LogP contribution in [0.5, 0.6) is 0 Å². The van der Waals surface area contributed by atoms with Gasteiger partial charge in [-0.05, 0) is 12.2 Å². The van der Waals surface area contributed by atoms with Crippen LogP contribution in [-0.2, 0) is 14.3 Å². The van der Waals surface area contributed by atoms with Crippen LogP contribution in [0.2, 0.25) is 0 Å². The highest BCUT2D eigenvalue weighted by Gasteiger charge is 1.88. The van der Waals surface area contributed by atoms with Gasteiger partial charge in [-0.2, -0.15) is 0 Å². The topological polar surface area (TPSA) is 83.8 Å². The van der Waals surface area contributed by atoms with E-state index in [2.05, 4.69) is 0 Å². The number of hydrogen-bond acceptors (Lipinski definition) is 3. The Balaban J connectivity index is 0.000000262. The highest BCUT2D eigenvalue weighted by molar-refractivity contribution is 5.89. The Morgan fingerprint density at radius 3 is 1.60 bits per heavy atom. The van der Waals surface area contributed by atoms with Crippen molar-refractivity contribution in [1.82, 2.24) is 0 Å². The summed E-state index contributed by atoms with van der Waals surface area (Å²) in [5, 5.41) is 15.6. The summed E-state index contributed by atoms with van der Waals surface area (Å²) in [4.78, 5) is 19.1. The molecule has 1 heterocycles. The Labute approximate surface area is 86.3 Å². The van der Waals surface area contributed by atoms with Crippen molar-refractivity contribution in [1.29, 1.82) is 0 Å². The van der Waals surface area contributed by atoms with E-state index in [1.165, 1.54) is 0 Å². The summed E-state index contributed by atoms with van der Waals surface area (Å²) in [5.74, 6) is -2.51. The molecule has 0 aromatic carbocycles. The Morgan fingerprint density at radius 1 is 0.867 bits per heavy atom. The van der Waals surface area contributed by atoms with Crippen LogP contribution in [0, 0.1) is 0 Å². The molecule has 0 amide bonds. The van der Waals surface area contributed by atoms with E-state index in [0.717, 1.165) is 0 Å². The Kier molecular flexibility index (Phi) is 7.03. The highest BCUT2D eigenvalue weighted by atomic mass is 16.5. The van der Waals surface area contributed by atoms with Crippen LogP contribution < -0.4 is 0 Å². The van der Waals surface area contributed by atoms with Gasteiger partial charge in [0.15, 0.2) is 0 Å². The average Bonchev–Trinajstić information content (AvgIpc) is 2.47. The summed E-state index contributed by atoms with van der Waals surface area (Å²) in [6.45, 7) is 0. The predicted molar refractivity (Wildman–Crippen MR) is 52.9 cm³/mol. The molecule has 0 aliphatic carbocycles. The first-order valence-corrected chi connectivity index (χ1v) is 3.90. The van der Waals surface area contributed by atoms with Gasteiger partial charge in [0.25, 0.3) is 0 Å². The molecule has 0 fully saturated rings. The van der Waals surface area contributed by atoms with E-state index in [1.54, 1.807) is 12.5 Å². The molecule has 5 nitrogen and oxygen atoms in total. The highest BCUT2D eigenvalue weighted by Crippen LogP contribution is 1.88. The first kappa shape index (κ1) is 12.7. The minimum absolute atomic E-state index is 0.558. The minimum atomic E-state index is -1.26. The Bertz CT molecular complexity index is 293. The maximum Gasteiger partial charge on any atom is 0.328 e. The summed E-state index contributed by atoms with van der Waals surface area (Å²) in [7, 11) is 0. The quantitative estimate of drug-likeness (QED) is 0.671. The van der Waals surface area contributed by atoms with E-state index in [0.29, 0.717) is 12.2 Å². The van der Waals surface area contributed by atoms with E-state index in [4.69, 9.17) is 14.9 Å². The lowest BCUT2D eigenvalue weighted by atomic mass is 10.5. The second-order valence-electron chi connectivity index (χ2n) is 2.19. The molecule has 0 radical (unpaired) electrons. The molecule has 0 aromatic heterocycles. The van der Waals surface area contributed by atoms with Crippen molar-refractivity contribution in [3.63, 3.8) is 0 Å². The lowest BCUT2D eigenvalue weighted by molar-refractivity contribution is -0.134. The fraction of sp³-hybridized carbons (Fsp3) is 0. The second kappa shape index (κ2) is 8.31. The number of hydrogen-bond donors (Lipinski definition) is 2. The van der Waals surface area contributed by atoms with E-state index >= 15 is 0 Å². The standard InChI is InChI=1S/C6H6O.C4H4O4/c1-2-4-6-7-5-3-1;5-3(6)1-2-4(7)8/h1-6H;1-2H,(H,5,6)(H,7,8). The van der Waals surface area contributed by atoms with Crippen molar-refractivity contribution < 1.29 is 24.5 Å². The van der Waals surface area contributed by atoms with Gasteiger partial charge < -0.3 is 14.9 Å². The molecule has 1 aliphatic rings. The van der Waals surface area contributed by atoms with Gasteiger partial charge in [0, 0.05) is 12.2 Å². The van der Waals surface area contributed by atoms with Crippen LogP contribution in [0.1, 0.15) is 0 Å². The molecule has 0 unspecified atom stereocenters. The first-order valence-electron chi connectivity index (χ1n) is 3.90. The third-order valence-corrected chi connectivity index (χ3v) is 1.02. The van der Waals surface area contributed by atoms with E-state index in [1.807, 2.05) is 24.3 Å². The molecule has 0 spiro atoms. The number of carboxylic acids is 2. The van der Waals surface area contributed by atoms with Crippen molar-refractivity contribution >= 4 is 11.9 Å². The van der Waals surface area contributed by atoms with Gasteiger partial charge in [0.05, 0.1) is 12.5 Å². The summed E-state index contributed by atoms with van der Waals surface area (Å²) >= 11 is 0. The number of carbonyl (C=O) groups is 2. The van der Waals surface area contributed by atoms with Crippen molar-refractivity contribution in [3.8, 4) is 0 Å². The molecule has 80 valence electrons. The zero-order chi connectivity index (χ0) is 11.5. The van der Waals surface area contributed by atoms with Crippen molar-refractivity contribution in [3.05, 3.63) is 49.0 Å². The SMILES string of the molecule is C1=CC=COC=C1.O=C(O)C=CC(=O)O. The molecular weight excluding hydrogens is 200 g/mol. The predicted octanol–water partition coefficient (Wildman–Crippen LogP) is 1.31. The number of carboxylic acid groups (broad SMARTS) is 2. The van der Waals surface area contributed by atoms with Crippen molar-refractivity contribution in [2.75, 3.05) is 0 Å². The maximum absolute atomic E-state index is 9.55. The summed E-state index contributed by atoms with van der Waals surface area (Å²) < 4.78 is 4.77. The van der Waals surface area contributed by atoms with Gasteiger partial charge in [-0.3, -0.25) is 0 Å². The van der Waals surface area contributed by atoms with Gasteiger partial charge in [-0.15, -0.1) is 0 Å². The van der Waals surface area contributed by atoms with Gasteiger partial charge >= 0.3 is 11.9 Å². The van der Waals surface area contributed by atoms with Crippen molar-refractivity contribution in [2.45, 2.75) is 0 Å². The Hall–Kier alpha value is -2.30. The third-order valence-electron chi connectivity index (χ3n) is 1.02. The first-order chi connectivity index (χ1) is 7.13. The number of allylic oxidation sites excluding steroid dienone is 4. The third kappa shape index (κ3) is 11.7. The second-order valence-corrected chi connectivity index (χ2v) is 2.19. The van der Waals surface area contributed by atoms with Crippen LogP contribution in [0.3, 0.4) is 0 Å². The van der Waals surface area contributed by atoms with Gasteiger partial charge in [-0.1, -0.05) is 12.2 Å². The molecule has 5 heteroatoms. The van der Waals surface area contributed by atoms with E-state index in [9.17, 15) is 9.59 Å². The molecule has 0 saturated carbocycles. The lowest BCUT2D eigenvalue weighted by Gasteiger charge is -1.79. The summed E-state index contributed by atoms with van der Waals surface area (Å²) in [6.07, 6.45) is 11.8. The zero-order valence-electron chi connectivity index (χ0n) is 7.74. The monoisotopic (exact) mass is 210 g/mol. The number of aliphatic carboxylic acids is 2. The molecule has 0 aromatic rings. The molecular formula is C10H10O5. The molecule has 0 saturated heterocycles. The maximum atomic E-state index is 9.55. The van der Waals surface area contributed by atoms with Crippen LogP contribution >= 0.6 is 0 Å². The molecule has 15 heavy (non-hydrogen) atoms. The van der Waals surface area contributed by atoms with Gasteiger partial charge in [0.1, 0.15) is 0 Å². The van der Waals surface area contributed by atoms with E-state index in [-0.39, 0.29) is 0 Å². The minimum Gasteiger partial charge on any atom is -0.478 e. The number of ether oxygens (including phenoxy) is 1. The molecule has 1 rings (SSSR count). The van der Waals surface area contributed by atoms with Crippen LogP contribution in [-0.4, -0.2) is 22.2 Å². The average molecular weight is 210 g/mol. The largest absolute Gasteiger partial charge is 0.478 e. The molecule has 2 N–H and O–H groups in total. The fourth-order valence-corrected chi connectivity index (χ4v) is 0.498. The van der Waals surface area contributed by atoms with Crippen LogP contribution in [0.4, 0.5) is 0 Å². The zero-order valence-corrected chi connectivity index (χ0v) is 7.74. The number of rotatable bonds is 2. The Morgan fingerprint density at radius 2 is 1.27 bits per heavy atom. The van der Waals surface area contributed by atoms with Crippen LogP contribution in [0.25, 0.3) is 0 Å². The summed E-state index contributed by atoms with van der Waals surface area (Å²) in [6, 6.07) is 0. The molecule has 0 bridgehead atoms. The fourth-order valence-electron chi connectivity index (χ4n) is 0.498. The molecule has 0 atom stereocenters. The summed E-state index contributed by atoms with van der Waals surface area (Å²) in [5.41, 5.74) is 0. The normalized spacial score (nSPS) is 12.5. The van der Waals surface area contributed by atoms with E-state index < -0.39 is 11.9 Å². The van der Waals surface area contributed by atoms with Crippen molar-refractivity contribution in [2.24, 2.45) is 0 Å². The van der Waals surface area contributed by atoms with Gasteiger partial charge in [-0.25, -0.2) is 9.59 Å². The van der Waals surface area contributed by atoms with Crippen LogP contribution in [0.15, 0.2) is 49.0 Å². The molecule has 1 aliphatic heterocycles.